The van der Waals surface area contributed by atoms with Crippen LogP contribution in [0.25, 0.3) is 0 Å². The van der Waals surface area contributed by atoms with E-state index in [0.717, 1.165) is 4.47 Å². The summed E-state index contributed by atoms with van der Waals surface area (Å²) in [6.07, 6.45) is 6.92. The van der Waals surface area contributed by atoms with Crippen molar-refractivity contribution in [2.45, 2.75) is 19.3 Å². The van der Waals surface area contributed by atoms with E-state index in [4.69, 9.17) is 18.0 Å². The maximum Gasteiger partial charge on any atom is 0.164 e. The quantitative estimate of drug-likeness (QED) is 0.463. The summed E-state index contributed by atoms with van der Waals surface area (Å²) in [6, 6.07) is 5.18. The molecule has 0 fully saturated rings. The van der Waals surface area contributed by atoms with Gasteiger partial charge in [0, 0.05) is 27.9 Å². The predicted molar refractivity (Wildman–Crippen MR) is 66.2 cm³/mol. The first kappa shape index (κ1) is 12.3. The number of Topliss-reactive ketones (excluding diaryl/α,β-unsaturated/α-hetero) is 1. The van der Waals surface area contributed by atoms with Gasteiger partial charge in [-0.3, -0.25) is 4.79 Å². The number of terminal acetylenes is 1. The van der Waals surface area contributed by atoms with Crippen LogP contribution >= 0.6 is 27.5 Å². The number of hydrogen-bond acceptors (Lipinski definition) is 1. The lowest BCUT2D eigenvalue weighted by Crippen LogP contribution is -1.99. The normalized spacial score (nSPS) is 9.67. The van der Waals surface area contributed by atoms with E-state index in [1.165, 1.54) is 0 Å². The van der Waals surface area contributed by atoms with E-state index < -0.39 is 0 Å². The molecule has 0 bridgehead atoms. The van der Waals surface area contributed by atoms with Gasteiger partial charge in [0.1, 0.15) is 0 Å². The lowest BCUT2D eigenvalue weighted by Gasteiger charge is -2.03. The van der Waals surface area contributed by atoms with E-state index >= 15 is 0 Å². The minimum Gasteiger partial charge on any atom is -0.294 e. The molecule has 0 N–H and O–H groups in total. The number of benzene rings is 1. The Morgan fingerprint density at radius 3 is 2.93 bits per heavy atom. The largest absolute Gasteiger partial charge is 0.294 e. The highest BCUT2D eigenvalue weighted by Crippen LogP contribution is 2.22. The summed E-state index contributed by atoms with van der Waals surface area (Å²) >= 11 is 9.14. The molecule has 0 amide bonds. The maximum absolute atomic E-state index is 11.7. The van der Waals surface area contributed by atoms with Crippen LogP contribution in [0.1, 0.15) is 29.6 Å². The average Bonchev–Trinajstić information content (AvgIpc) is 2.22. The molecule has 78 valence electrons. The molecule has 0 spiro atoms. The zero-order valence-corrected chi connectivity index (χ0v) is 10.4. The number of hydrogen-bond donors (Lipinski definition) is 0. The van der Waals surface area contributed by atoms with Gasteiger partial charge in [-0.1, -0.05) is 27.5 Å². The second-order valence-electron chi connectivity index (χ2n) is 3.11. The van der Waals surface area contributed by atoms with Gasteiger partial charge in [0.25, 0.3) is 0 Å². The molecule has 0 aliphatic carbocycles. The Kier molecular flexibility index (Phi) is 4.87. The van der Waals surface area contributed by atoms with Gasteiger partial charge in [-0.25, -0.2) is 0 Å². The molecule has 0 unspecified atom stereocenters. The third-order valence-electron chi connectivity index (χ3n) is 1.95. The van der Waals surface area contributed by atoms with E-state index in [9.17, 15) is 4.79 Å². The fraction of sp³-hybridized carbons (Fsp3) is 0.250. The standard InChI is InChI=1S/C12H10BrClO/c1-2-3-4-5-12(15)10-8-9(14)6-7-11(10)13/h1,6-8H,3-5H2. The van der Waals surface area contributed by atoms with Gasteiger partial charge in [0.05, 0.1) is 0 Å². The van der Waals surface area contributed by atoms with Crippen molar-refractivity contribution in [2.24, 2.45) is 0 Å². The van der Waals surface area contributed by atoms with E-state index in [2.05, 4.69) is 21.9 Å². The SMILES string of the molecule is C#CCCCC(=O)c1cc(Cl)ccc1Br. The lowest BCUT2D eigenvalue weighted by atomic mass is 10.1. The Labute approximate surface area is 103 Å². The zero-order valence-electron chi connectivity index (χ0n) is 8.09. The van der Waals surface area contributed by atoms with Crippen molar-refractivity contribution < 1.29 is 4.79 Å². The van der Waals surface area contributed by atoms with Crippen LogP contribution in [0.5, 0.6) is 0 Å². The topological polar surface area (TPSA) is 17.1 Å². The summed E-state index contributed by atoms with van der Waals surface area (Å²) in [5, 5.41) is 0.568. The van der Waals surface area contributed by atoms with Crippen LogP contribution in [-0.2, 0) is 0 Å². The predicted octanol–water partition coefficient (Wildman–Crippen LogP) is 4.09. The van der Waals surface area contributed by atoms with Crippen LogP contribution in [0.3, 0.4) is 0 Å². The molecule has 1 aromatic carbocycles. The van der Waals surface area contributed by atoms with Crippen molar-refractivity contribution in [2.75, 3.05) is 0 Å². The van der Waals surface area contributed by atoms with Crippen LogP contribution in [0.4, 0.5) is 0 Å². The molecular weight excluding hydrogens is 275 g/mol. The van der Waals surface area contributed by atoms with Gasteiger partial charge in [-0.15, -0.1) is 12.3 Å². The van der Waals surface area contributed by atoms with Gasteiger partial charge in [-0.05, 0) is 24.6 Å². The van der Waals surface area contributed by atoms with Gasteiger partial charge in [0.15, 0.2) is 5.78 Å². The van der Waals surface area contributed by atoms with Crippen molar-refractivity contribution in [1.82, 2.24) is 0 Å². The number of rotatable bonds is 4. The van der Waals surface area contributed by atoms with Gasteiger partial charge >= 0.3 is 0 Å². The average molecular weight is 286 g/mol. The molecule has 0 aromatic heterocycles. The van der Waals surface area contributed by atoms with Crippen molar-refractivity contribution >= 4 is 33.3 Å². The zero-order chi connectivity index (χ0) is 11.3. The third-order valence-corrected chi connectivity index (χ3v) is 2.88. The molecule has 0 saturated carbocycles. The molecule has 1 nitrogen and oxygen atoms in total. The Morgan fingerprint density at radius 2 is 2.27 bits per heavy atom. The minimum atomic E-state index is 0.0691. The Bertz CT molecular complexity index is 407. The van der Waals surface area contributed by atoms with Crippen LogP contribution in [-0.4, -0.2) is 5.78 Å². The van der Waals surface area contributed by atoms with Crippen LogP contribution < -0.4 is 0 Å². The van der Waals surface area contributed by atoms with E-state index in [0.29, 0.717) is 29.8 Å². The summed E-state index contributed by atoms with van der Waals surface area (Å²) in [7, 11) is 0. The maximum atomic E-state index is 11.7. The van der Waals surface area contributed by atoms with Crippen molar-refractivity contribution in [3.63, 3.8) is 0 Å². The van der Waals surface area contributed by atoms with Gasteiger partial charge < -0.3 is 0 Å². The second-order valence-corrected chi connectivity index (χ2v) is 4.40. The van der Waals surface area contributed by atoms with Crippen LogP contribution in [0.2, 0.25) is 5.02 Å². The Hall–Kier alpha value is -0.780. The molecule has 0 aliphatic heterocycles. The molecule has 15 heavy (non-hydrogen) atoms. The molecule has 1 aromatic rings. The summed E-state index contributed by atoms with van der Waals surface area (Å²) in [6.45, 7) is 0. The summed E-state index contributed by atoms with van der Waals surface area (Å²) < 4.78 is 0.776. The molecule has 0 heterocycles. The van der Waals surface area contributed by atoms with E-state index in [-0.39, 0.29) is 5.78 Å². The highest BCUT2D eigenvalue weighted by Gasteiger charge is 2.09. The Morgan fingerprint density at radius 1 is 1.53 bits per heavy atom. The summed E-state index contributed by atoms with van der Waals surface area (Å²) in [5.41, 5.74) is 0.625. The highest BCUT2D eigenvalue weighted by molar-refractivity contribution is 9.10. The number of ketones is 1. The molecular formula is C12H10BrClO. The van der Waals surface area contributed by atoms with Crippen LogP contribution in [0, 0.1) is 12.3 Å². The summed E-state index contributed by atoms with van der Waals surface area (Å²) in [4.78, 5) is 11.7. The second kappa shape index (κ2) is 5.95. The Balaban J connectivity index is 2.73. The van der Waals surface area contributed by atoms with Gasteiger partial charge in [-0.2, -0.15) is 0 Å². The van der Waals surface area contributed by atoms with E-state index in [1.54, 1.807) is 18.2 Å². The van der Waals surface area contributed by atoms with Crippen molar-refractivity contribution in [3.05, 3.63) is 33.3 Å². The minimum absolute atomic E-state index is 0.0691. The molecule has 0 aliphatic rings. The monoisotopic (exact) mass is 284 g/mol. The highest BCUT2D eigenvalue weighted by atomic mass is 79.9. The van der Waals surface area contributed by atoms with Gasteiger partial charge in [0.2, 0.25) is 0 Å². The molecule has 3 heteroatoms. The lowest BCUT2D eigenvalue weighted by molar-refractivity contribution is 0.0980. The number of unbranched alkanes of at least 4 members (excludes halogenated alkanes) is 1. The molecule has 0 radical (unpaired) electrons. The fourth-order valence-electron chi connectivity index (χ4n) is 1.20. The first-order chi connectivity index (χ1) is 7.15. The fourth-order valence-corrected chi connectivity index (χ4v) is 1.84. The molecule has 0 atom stereocenters. The third kappa shape index (κ3) is 3.70. The van der Waals surface area contributed by atoms with Crippen molar-refractivity contribution in [1.29, 1.82) is 0 Å². The smallest absolute Gasteiger partial charge is 0.164 e. The first-order valence-electron chi connectivity index (χ1n) is 4.57. The van der Waals surface area contributed by atoms with Crippen LogP contribution in [0.15, 0.2) is 22.7 Å². The molecule has 1 rings (SSSR count). The molecule has 0 saturated heterocycles. The first-order valence-corrected chi connectivity index (χ1v) is 5.74. The number of carbonyl (C=O) groups is 1. The number of halogens is 2. The van der Waals surface area contributed by atoms with E-state index in [1.807, 2.05) is 0 Å². The van der Waals surface area contributed by atoms with Crippen molar-refractivity contribution in [3.8, 4) is 12.3 Å². The number of carbonyl (C=O) groups excluding carboxylic acids is 1. The summed E-state index contributed by atoms with van der Waals surface area (Å²) in [5.74, 6) is 2.58.